The summed E-state index contributed by atoms with van der Waals surface area (Å²) in [4.78, 5) is 10.9. The lowest BCUT2D eigenvalue weighted by molar-refractivity contribution is -0.119. The molecule has 4 N–H and O–H groups in total. The number of nitrogens with two attached hydrogens (primary N) is 1. The molecular formula is C10H11Cl2N3O3S. The van der Waals surface area contributed by atoms with Crippen LogP contribution in [-0.4, -0.2) is 26.9 Å². The van der Waals surface area contributed by atoms with Crippen LogP contribution in [0.2, 0.25) is 10.0 Å². The van der Waals surface area contributed by atoms with Gasteiger partial charge in [0.25, 0.3) is 0 Å². The zero-order valence-corrected chi connectivity index (χ0v) is 11.9. The smallest absolute Gasteiger partial charge is 0.242 e. The first-order chi connectivity index (χ1) is 8.81. The maximum Gasteiger partial charge on any atom is 0.242 e. The molecule has 1 aromatic rings. The van der Waals surface area contributed by atoms with Gasteiger partial charge in [-0.3, -0.25) is 4.79 Å². The van der Waals surface area contributed by atoms with Gasteiger partial charge in [0, 0.05) is 19.0 Å². The number of hydrogen-bond acceptors (Lipinski definition) is 4. The molecule has 6 nitrogen and oxygen atoms in total. The topological polar surface area (TPSA) is 101 Å². The molecule has 0 aromatic heterocycles. The zero-order valence-electron chi connectivity index (χ0n) is 9.61. The third kappa shape index (κ3) is 2.94. The van der Waals surface area contributed by atoms with Gasteiger partial charge in [-0.2, -0.15) is 0 Å². The largest absolute Gasteiger partial charge is 0.396 e. The van der Waals surface area contributed by atoms with Gasteiger partial charge in [0.15, 0.2) is 0 Å². The highest BCUT2D eigenvalue weighted by Gasteiger charge is 2.28. The summed E-state index contributed by atoms with van der Waals surface area (Å²) < 4.78 is 26.7. The quantitative estimate of drug-likeness (QED) is 0.714. The Labute approximate surface area is 120 Å². The maximum absolute atomic E-state index is 12.1. The molecule has 0 aliphatic carbocycles. The van der Waals surface area contributed by atoms with E-state index in [-0.39, 0.29) is 39.5 Å². The molecule has 1 fully saturated rings. The lowest BCUT2D eigenvalue weighted by atomic mass is 10.3. The number of amides is 1. The predicted molar refractivity (Wildman–Crippen MR) is 72.6 cm³/mol. The van der Waals surface area contributed by atoms with Crippen LogP contribution >= 0.6 is 23.2 Å². The van der Waals surface area contributed by atoms with E-state index in [1.54, 1.807) is 0 Å². The van der Waals surface area contributed by atoms with Crippen LogP contribution in [-0.2, 0) is 14.8 Å². The molecule has 19 heavy (non-hydrogen) atoms. The van der Waals surface area contributed by atoms with Crippen molar-refractivity contribution in [3.63, 3.8) is 0 Å². The minimum atomic E-state index is -3.85. The summed E-state index contributed by atoms with van der Waals surface area (Å²) >= 11 is 11.6. The number of hydrogen-bond donors (Lipinski definition) is 3. The fraction of sp³-hybridized carbons (Fsp3) is 0.300. The molecular weight excluding hydrogens is 313 g/mol. The number of nitrogens with one attached hydrogen (secondary N) is 2. The van der Waals surface area contributed by atoms with E-state index in [2.05, 4.69) is 10.0 Å². The van der Waals surface area contributed by atoms with Crippen molar-refractivity contribution in [2.45, 2.75) is 17.4 Å². The fourth-order valence-electron chi connectivity index (χ4n) is 1.73. The monoisotopic (exact) mass is 323 g/mol. The number of sulfonamides is 1. The normalized spacial score (nSPS) is 19.5. The van der Waals surface area contributed by atoms with E-state index >= 15 is 0 Å². The minimum absolute atomic E-state index is 0.00633. The standard InChI is InChI=1S/C10H11Cl2N3O3S/c11-6-1-2-7(9(12)10(6)13)19(17,18)15-5-3-8(16)14-4-5/h1-2,5,15H,3-4,13H2,(H,14,16). The van der Waals surface area contributed by atoms with Gasteiger partial charge in [-0.05, 0) is 12.1 Å². The number of nitrogen functional groups attached to an aromatic ring is 1. The first-order valence-electron chi connectivity index (χ1n) is 5.34. The molecule has 9 heteroatoms. The van der Waals surface area contributed by atoms with Crippen molar-refractivity contribution in [3.05, 3.63) is 22.2 Å². The van der Waals surface area contributed by atoms with E-state index < -0.39 is 16.1 Å². The molecule has 0 saturated carbocycles. The average molecular weight is 324 g/mol. The first kappa shape index (κ1) is 14.4. The van der Waals surface area contributed by atoms with Crippen LogP contribution in [0.1, 0.15) is 6.42 Å². The van der Waals surface area contributed by atoms with Crippen LogP contribution in [0.4, 0.5) is 5.69 Å². The van der Waals surface area contributed by atoms with E-state index in [1.807, 2.05) is 0 Å². The van der Waals surface area contributed by atoms with Gasteiger partial charge < -0.3 is 11.1 Å². The number of halogens is 2. The molecule has 1 heterocycles. The van der Waals surface area contributed by atoms with Gasteiger partial charge in [0.1, 0.15) is 4.90 Å². The summed E-state index contributed by atoms with van der Waals surface area (Å²) in [7, 11) is -3.85. The molecule has 1 aliphatic rings. The molecule has 1 aliphatic heterocycles. The van der Waals surface area contributed by atoms with Crippen LogP contribution < -0.4 is 15.8 Å². The molecule has 0 radical (unpaired) electrons. The number of carbonyl (C=O) groups excluding carboxylic acids is 1. The highest BCUT2D eigenvalue weighted by atomic mass is 35.5. The van der Waals surface area contributed by atoms with Crippen LogP contribution in [0.3, 0.4) is 0 Å². The number of rotatable bonds is 3. The van der Waals surface area contributed by atoms with Crippen molar-refractivity contribution in [1.29, 1.82) is 0 Å². The highest BCUT2D eigenvalue weighted by Crippen LogP contribution is 2.33. The van der Waals surface area contributed by atoms with E-state index in [4.69, 9.17) is 28.9 Å². The lowest BCUT2D eigenvalue weighted by Gasteiger charge is -2.13. The van der Waals surface area contributed by atoms with Crippen LogP contribution in [0, 0.1) is 0 Å². The Morgan fingerprint density at radius 3 is 2.63 bits per heavy atom. The molecule has 1 unspecified atom stereocenters. The second-order valence-electron chi connectivity index (χ2n) is 4.10. The van der Waals surface area contributed by atoms with Crippen LogP contribution in [0.5, 0.6) is 0 Å². The fourth-order valence-corrected chi connectivity index (χ4v) is 3.73. The molecule has 1 atom stereocenters. The number of carbonyl (C=O) groups is 1. The highest BCUT2D eigenvalue weighted by molar-refractivity contribution is 7.89. The molecule has 104 valence electrons. The van der Waals surface area contributed by atoms with Crippen molar-refractivity contribution in [1.82, 2.24) is 10.0 Å². The van der Waals surface area contributed by atoms with Crippen molar-refractivity contribution in [3.8, 4) is 0 Å². The predicted octanol–water partition coefficient (Wildman–Crippen LogP) is 0.742. The van der Waals surface area contributed by atoms with Crippen LogP contribution in [0.25, 0.3) is 0 Å². The van der Waals surface area contributed by atoms with E-state index in [9.17, 15) is 13.2 Å². The molecule has 2 rings (SSSR count). The molecule has 1 amide bonds. The summed E-state index contributed by atoms with van der Waals surface area (Å²) in [6, 6.07) is 2.13. The van der Waals surface area contributed by atoms with Gasteiger partial charge >= 0.3 is 0 Å². The second-order valence-corrected chi connectivity index (χ2v) is 6.57. The van der Waals surface area contributed by atoms with E-state index in [1.165, 1.54) is 12.1 Å². The second kappa shape index (κ2) is 5.16. The number of anilines is 1. The zero-order chi connectivity index (χ0) is 14.2. The Balaban J connectivity index is 2.30. The maximum atomic E-state index is 12.1. The SMILES string of the molecule is Nc1c(Cl)ccc(S(=O)(=O)NC2CNC(=O)C2)c1Cl. The van der Waals surface area contributed by atoms with Crippen molar-refractivity contribution < 1.29 is 13.2 Å². The van der Waals surface area contributed by atoms with Crippen molar-refractivity contribution in [2.75, 3.05) is 12.3 Å². The summed E-state index contributed by atoms with van der Waals surface area (Å²) in [6.07, 6.45) is 0.0971. The molecule has 1 saturated heterocycles. The van der Waals surface area contributed by atoms with Crippen molar-refractivity contribution >= 4 is 44.8 Å². The van der Waals surface area contributed by atoms with E-state index in [0.29, 0.717) is 0 Å². The first-order valence-corrected chi connectivity index (χ1v) is 7.57. The third-order valence-corrected chi connectivity index (χ3v) is 5.09. The van der Waals surface area contributed by atoms with Gasteiger partial charge in [-0.25, -0.2) is 13.1 Å². The van der Waals surface area contributed by atoms with Gasteiger partial charge in [0.2, 0.25) is 15.9 Å². The van der Waals surface area contributed by atoms with Gasteiger partial charge in [-0.1, -0.05) is 23.2 Å². The third-order valence-electron chi connectivity index (χ3n) is 2.68. The Hall–Kier alpha value is -1.02. The minimum Gasteiger partial charge on any atom is -0.396 e. The summed E-state index contributed by atoms with van der Waals surface area (Å²) in [5.74, 6) is -0.200. The Bertz CT molecular complexity index is 633. The van der Waals surface area contributed by atoms with E-state index in [0.717, 1.165) is 0 Å². The van der Waals surface area contributed by atoms with Crippen molar-refractivity contribution in [2.24, 2.45) is 0 Å². The Morgan fingerprint density at radius 2 is 2.05 bits per heavy atom. The molecule has 0 spiro atoms. The van der Waals surface area contributed by atoms with Gasteiger partial charge in [-0.15, -0.1) is 0 Å². The lowest BCUT2D eigenvalue weighted by Crippen LogP contribution is -2.36. The van der Waals surface area contributed by atoms with Gasteiger partial charge in [0.05, 0.1) is 15.7 Å². The Kier molecular flexibility index (Phi) is 3.91. The summed E-state index contributed by atoms with van der Waals surface area (Å²) in [6.45, 7) is 0.249. The van der Waals surface area contributed by atoms with Crippen LogP contribution in [0.15, 0.2) is 17.0 Å². The number of benzene rings is 1. The average Bonchev–Trinajstić information content (AvgIpc) is 2.70. The Morgan fingerprint density at radius 1 is 1.37 bits per heavy atom. The summed E-state index contributed by atoms with van der Waals surface area (Å²) in [5.41, 5.74) is 5.59. The molecule has 1 aromatic carbocycles. The summed E-state index contributed by atoms with van der Waals surface area (Å²) in [5, 5.41) is 2.59. The molecule has 0 bridgehead atoms.